The molecule has 0 aliphatic heterocycles. The summed E-state index contributed by atoms with van der Waals surface area (Å²) in [6.45, 7) is 0.399. The number of ether oxygens (including phenoxy) is 1. The number of nitrogen functional groups attached to an aromatic ring is 1. The molecule has 0 aliphatic carbocycles. The molecular formula is C15H15FN2O2S. The maximum atomic E-state index is 13.0. The van der Waals surface area contributed by atoms with Gasteiger partial charge in [-0.2, -0.15) is 0 Å². The predicted octanol–water partition coefficient (Wildman–Crippen LogP) is 2.60. The molecular weight excluding hydrogens is 291 g/mol. The Hall–Kier alpha value is -2.05. The summed E-state index contributed by atoms with van der Waals surface area (Å²) >= 11 is 1.48. The highest BCUT2D eigenvalue weighted by molar-refractivity contribution is 7.99. The Morgan fingerprint density at radius 3 is 2.81 bits per heavy atom. The van der Waals surface area contributed by atoms with E-state index >= 15 is 0 Å². The number of hydrogen-bond acceptors (Lipinski definition) is 4. The van der Waals surface area contributed by atoms with Crippen molar-refractivity contribution in [3.05, 3.63) is 59.9 Å². The average Bonchev–Trinajstić information content (AvgIpc) is 2.51. The van der Waals surface area contributed by atoms with E-state index in [1.165, 1.54) is 23.9 Å². The summed E-state index contributed by atoms with van der Waals surface area (Å²) in [6, 6.07) is 13.2. The lowest BCUT2D eigenvalue weighted by Gasteiger charge is -2.10. The van der Waals surface area contributed by atoms with Gasteiger partial charge in [0.05, 0.1) is 12.2 Å². The van der Waals surface area contributed by atoms with E-state index in [9.17, 15) is 9.18 Å². The van der Waals surface area contributed by atoms with Gasteiger partial charge in [0.1, 0.15) is 11.6 Å². The molecule has 0 saturated heterocycles. The number of rotatable bonds is 6. The maximum Gasteiger partial charge on any atom is 0.268 e. The van der Waals surface area contributed by atoms with Crippen LogP contribution in [0.3, 0.4) is 0 Å². The number of benzene rings is 2. The Balaban J connectivity index is 1.88. The zero-order chi connectivity index (χ0) is 15.1. The standard InChI is InChI=1S/C15H15FN2O2S/c16-11-4-3-5-12(10-11)21-9-8-20-14-7-2-1-6-13(14)15(19)18-17/h1-7,10H,8-9,17H2,(H,18,19). The second-order valence-electron chi connectivity index (χ2n) is 4.12. The second-order valence-corrected chi connectivity index (χ2v) is 5.29. The summed E-state index contributed by atoms with van der Waals surface area (Å²) in [5.41, 5.74) is 2.46. The highest BCUT2D eigenvalue weighted by Gasteiger charge is 2.10. The number of halogens is 1. The van der Waals surface area contributed by atoms with E-state index in [0.29, 0.717) is 23.7 Å². The smallest absolute Gasteiger partial charge is 0.268 e. The summed E-state index contributed by atoms with van der Waals surface area (Å²) in [7, 11) is 0. The van der Waals surface area contributed by atoms with Crippen molar-refractivity contribution in [2.75, 3.05) is 12.4 Å². The van der Waals surface area contributed by atoms with Crippen LogP contribution in [0.25, 0.3) is 0 Å². The first-order valence-corrected chi connectivity index (χ1v) is 7.30. The zero-order valence-corrected chi connectivity index (χ0v) is 12.0. The summed E-state index contributed by atoms with van der Waals surface area (Å²) in [5, 5.41) is 0. The molecule has 110 valence electrons. The zero-order valence-electron chi connectivity index (χ0n) is 11.2. The number of nitrogens with two attached hydrogens (primary N) is 1. The van der Waals surface area contributed by atoms with Crippen molar-refractivity contribution in [1.29, 1.82) is 0 Å². The monoisotopic (exact) mass is 306 g/mol. The van der Waals surface area contributed by atoms with Gasteiger partial charge in [-0.1, -0.05) is 18.2 Å². The molecule has 0 fully saturated rings. The molecule has 0 atom stereocenters. The topological polar surface area (TPSA) is 64.3 Å². The Morgan fingerprint density at radius 2 is 2.05 bits per heavy atom. The molecule has 0 saturated carbocycles. The van der Waals surface area contributed by atoms with E-state index < -0.39 is 5.91 Å². The van der Waals surface area contributed by atoms with Crippen molar-refractivity contribution < 1.29 is 13.9 Å². The third-order valence-corrected chi connectivity index (χ3v) is 3.63. The molecule has 1 amide bonds. The molecule has 0 radical (unpaired) electrons. The minimum atomic E-state index is -0.400. The van der Waals surface area contributed by atoms with Crippen molar-refractivity contribution in [3.8, 4) is 5.75 Å². The van der Waals surface area contributed by atoms with Gasteiger partial charge in [-0.3, -0.25) is 10.2 Å². The van der Waals surface area contributed by atoms with Crippen LogP contribution in [0, 0.1) is 5.82 Å². The van der Waals surface area contributed by atoms with E-state index in [2.05, 4.69) is 5.43 Å². The van der Waals surface area contributed by atoms with Crippen molar-refractivity contribution in [3.63, 3.8) is 0 Å². The van der Waals surface area contributed by atoms with Gasteiger partial charge in [-0.05, 0) is 30.3 Å². The first-order chi connectivity index (χ1) is 10.2. The van der Waals surface area contributed by atoms with Crippen molar-refractivity contribution in [1.82, 2.24) is 5.43 Å². The fourth-order valence-electron chi connectivity index (χ4n) is 1.73. The van der Waals surface area contributed by atoms with Crippen LogP contribution in [0.2, 0.25) is 0 Å². The minimum Gasteiger partial charge on any atom is -0.492 e. The van der Waals surface area contributed by atoms with Gasteiger partial charge in [0.25, 0.3) is 5.91 Å². The fourth-order valence-corrected chi connectivity index (χ4v) is 2.50. The largest absolute Gasteiger partial charge is 0.492 e. The summed E-state index contributed by atoms with van der Waals surface area (Å²) in [5.74, 6) is 5.58. The van der Waals surface area contributed by atoms with E-state index in [0.717, 1.165) is 4.90 Å². The second kappa shape index (κ2) is 7.66. The van der Waals surface area contributed by atoms with Crippen molar-refractivity contribution >= 4 is 17.7 Å². The lowest BCUT2D eigenvalue weighted by Crippen LogP contribution is -2.30. The maximum absolute atomic E-state index is 13.0. The summed E-state index contributed by atoms with van der Waals surface area (Å²) in [6.07, 6.45) is 0. The molecule has 4 nitrogen and oxygen atoms in total. The van der Waals surface area contributed by atoms with Gasteiger partial charge in [-0.15, -0.1) is 11.8 Å². The molecule has 3 N–H and O–H groups in total. The van der Waals surface area contributed by atoms with Crippen LogP contribution >= 0.6 is 11.8 Å². The Kier molecular flexibility index (Phi) is 5.59. The third-order valence-electron chi connectivity index (χ3n) is 2.67. The van der Waals surface area contributed by atoms with Crippen LogP contribution < -0.4 is 16.0 Å². The van der Waals surface area contributed by atoms with E-state index in [-0.39, 0.29) is 5.82 Å². The normalized spacial score (nSPS) is 10.2. The fraction of sp³-hybridized carbons (Fsp3) is 0.133. The van der Waals surface area contributed by atoms with Gasteiger partial charge in [0.15, 0.2) is 0 Å². The van der Waals surface area contributed by atoms with Gasteiger partial charge >= 0.3 is 0 Å². The van der Waals surface area contributed by atoms with Crippen LogP contribution in [0.15, 0.2) is 53.4 Å². The van der Waals surface area contributed by atoms with Crippen LogP contribution in [0.1, 0.15) is 10.4 Å². The molecule has 2 aromatic carbocycles. The third kappa shape index (κ3) is 4.47. The number of nitrogens with one attached hydrogen (secondary N) is 1. The predicted molar refractivity (Wildman–Crippen MR) is 80.7 cm³/mol. The molecule has 0 aliphatic rings. The summed E-state index contributed by atoms with van der Waals surface area (Å²) < 4.78 is 18.6. The van der Waals surface area contributed by atoms with Crippen molar-refractivity contribution in [2.24, 2.45) is 5.84 Å². The quantitative estimate of drug-likeness (QED) is 0.283. The minimum absolute atomic E-state index is 0.258. The SMILES string of the molecule is NNC(=O)c1ccccc1OCCSc1cccc(F)c1. The van der Waals surface area contributed by atoms with Crippen LogP contribution in [0.5, 0.6) is 5.75 Å². The van der Waals surface area contributed by atoms with Crippen LogP contribution in [-0.2, 0) is 0 Å². The van der Waals surface area contributed by atoms with Gasteiger partial charge in [-0.25, -0.2) is 10.2 Å². The van der Waals surface area contributed by atoms with Crippen LogP contribution in [0.4, 0.5) is 4.39 Å². The van der Waals surface area contributed by atoms with E-state index in [1.807, 2.05) is 6.07 Å². The average molecular weight is 306 g/mol. The number of hydrazine groups is 1. The molecule has 0 aromatic heterocycles. The Labute approximate surface area is 126 Å². The molecule has 6 heteroatoms. The van der Waals surface area contributed by atoms with Crippen molar-refractivity contribution in [2.45, 2.75) is 4.90 Å². The molecule has 2 rings (SSSR count). The Bertz CT molecular complexity index is 622. The molecule has 21 heavy (non-hydrogen) atoms. The van der Waals surface area contributed by atoms with Gasteiger partial charge in [0, 0.05) is 10.6 Å². The molecule has 0 heterocycles. The van der Waals surface area contributed by atoms with E-state index in [4.69, 9.17) is 10.6 Å². The highest BCUT2D eigenvalue weighted by Crippen LogP contribution is 2.21. The summed E-state index contributed by atoms with van der Waals surface area (Å²) in [4.78, 5) is 12.4. The molecule has 2 aromatic rings. The highest BCUT2D eigenvalue weighted by atomic mass is 32.2. The Morgan fingerprint density at radius 1 is 1.24 bits per heavy atom. The molecule has 0 unspecified atom stereocenters. The molecule has 0 spiro atoms. The number of carbonyl (C=O) groups excluding carboxylic acids is 1. The number of para-hydroxylation sites is 1. The lowest BCUT2D eigenvalue weighted by atomic mass is 10.2. The first kappa shape index (κ1) is 15.3. The molecule has 0 bridgehead atoms. The van der Waals surface area contributed by atoms with E-state index in [1.54, 1.807) is 30.3 Å². The number of amides is 1. The van der Waals surface area contributed by atoms with Crippen LogP contribution in [-0.4, -0.2) is 18.3 Å². The van der Waals surface area contributed by atoms with Gasteiger partial charge < -0.3 is 4.74 Å². The number of hydrogen-bond donors (Lipinski definition) is 2. The van der Waals surface area contributed by atoms with Gasteiger partial charge in [0.2, 0.25) is 0 Å². The lowest BCUT2D eigenvalue weighted by molar-refractivity contribution is 0.0950. The first-order valence-electron chi connectivity index (χ1n) is 6.32. The number of thioether (sulfide) groups is 1. The number of carbonyl (C=O) groups is 1.